The maximum Gasteiger partial charge on any atom is 0.322 e. The number of nitrogens with one attached hydrogen (secondary N) is 1. The summed E-state index contributed by atoms with van der Waals surface area (Å²) < 4.78 is 4.72. The van der Waals surface area contributed by atoms with Gasteiger partial charge in [0.05, 0.1) is 7.11 Å². The summed E-state index contributed by atoms with van der Waals surface area (Å²) in [4.78, 5) is 13.6. The normalized spacial score (nSPS) is 13.9. The van der Waals surface area contributed by atoms with Gasteiger partial charge < -0.3 is 15.0 Å². The van der Waals surface area contributed by atoms with E-state index in [4.69, 9.17) is 4.74 Å². The first kappa shape index (κ1) is 15.4. The van der Waals surface area contributed by atoms with Crippen LogP contribution in [-0.4, -0.2) is 51.2 Å². The second kappa shape index (κ2) is 6.86. The van der Waals surface area contributed by atoms with Crippen molar-refractivity contribution in [1.29, 1.82) is 0 Å². The molecule has 1 unspecified atom stereocenters. The molecule has 0 radical (unpaired) electrons. The van der Waals surface area contributed by atoms with Crippen LogP contribution in [0, 0.1) is 5.41 Å². The SMILES string of the molecule is CNC(CCN(C)CC(C)(C)C)C(=O)OC. The zero-order valence-electron chi connectivity index (χ0n) is 11.5. The third kappa shape index (κ3) is 6.80. The third-order valence-corrected chi connectivity index (χ3v) is 2.38. The van der Waals surface area contributed by atoms with Gasteiger partial charge in [0.25, 0.3) is 0 Å². The summed E-state index contributed by atoms with van der Waals surface area (Å²) in [6, 6.07) is -0.201. The molecule has 96 valence electrons. The molecular formula is C12H26N2O2. The van der Waals surface area contributed by atoms with E-state index in [9.17, 15) is 4.79 Å². The highest BCUT2D eigenvalue weighted by Crippen LogP contribution is 2.14. The quantitative estimate of drug-likeness (QED) is 0.694. The zero-order chi connectivity index (χ0) is 12.8. The van der Waals surface area contributed by atoms with Gasteiger partial charge in [-0.3, -0.25) is 4.79 Å². The molecule has 1 atom stereocenters. The molecule has 0 aliphatic heterocycles. The molecular weight excluding hydrogens is 204 g/mol. The first-order valence-electron chi connectivity index (χ1n) is 5.74. The van der Waals surface area contributed by atoms with Gasteiger partial charge in [0.1, 0.15) is 6.04 Å². The molecule has 0 bridgehead atoms. The van der Waals surface area contributed by atoms with E-state index in [2.05, 4.69) is 38.0 Å². The predicted octanol–water partition coefficient (Wildman–Crippen LogP) is 1.12. The Morgan fingerprint density at radius 3 is 2.38 bits per heavy atom. The lowest BCUT2D eigenvalue weighted by molar-refractivity contribution is -0.143. The Balaban J connectivity index is 3.98. The second-order valence-corrected chi connectivity index (χ2v) is 5.45. The molecule has 0 aliphatic rings. The molecule has 4 nitrogen and oxygen atoms in total. The number of carbonyl (C=O) groups excluding carboxylic acids is 1. The Bertz CT molecular complexity index is 212. The van der Waals surface area contributed by atoms with Gasteiger partial charge in [-0.2, -0.15) is 0 Å². The highest BCUT2D eigenvalue weighted by molar-refractivity contribution is 5.75. The van der Waals surface area contributed by atoms with E-state index in [1.165, 1.54) is 7.11 Å². The van der Waals surface area contributed by atoms with Crippen LogP contribution in [0.2, 0.25) is 0 Å². The summed E-state index contributed by atoms with van der Waals surface area (Å²) >= 11 is 0. The summed E-state index contributed by atoms with van der Waals surface area (Å²) in [6.07, 6.45) is 0.774. The molecule has 16 heavy (non-hydrogen) atoms. The molecule has 0 amide bonds. The van der Waals surface area contributed by atoms with Crippen molar-refractivity contribution in [2.75, 3.05) is 34.3 Å². The average molecular weight is 230 g/mol. The summed E-state index contributed by atoms with van der Waals surface area (Å²) in [5, 5.41) is 2.97. The molecule has 0 aliphatic carbocycles. The molecule has 0 heterocycles. The van der Waals surface area contributed by atoms with Crippen LogP contribution in [0.1, 0.15) is 27.2 Å². The van der Waals surface area contributed by atoms with Crippen molar-refractivity contribution in [3.63, 3.8) is 0 Å². The molecule has 0 aromatic carbocycles. The highest BCUT2D eigenvalue weighted by Gasteiger charge is 2.19. The van der Waals surface area contributed by atoms with E-state index in [1.807, 2.05) is 0 Å². The highest BCUT2D eigenvalue weighted by atomic mass is 16.5. The average Bonchev–Trinajstić information content (AvgIpc) is 2.15. The van der Waals surface area contributed by atoms with Crippen molar-refractivity contribution in [2.24, 2.45) is 5.41 Å². The first-order valence-corrected chi connectivity index (χ1v) is 5.74. The maximum absolute atomic E-state index is 11.3. The van der Waals surface area contributed by atoms with E-state index in [0.29, 0.717) is 0 Å². The number of hydrogen-bond donors (Lipinski definition) is 1. The number of methoxy groups -OCH3 is 1. The molecule has 0 saturated carbocycles. The van der Waals surface area contributed by atoms with E-state index in [0.717, 1.165) is 19.5 Å². The Hall–Kier alpha value is -0.610. The standard InChI is InChI=1S/C12H26N2O2/c1-12(2,3)9-14(5)8-7-10(13-4)11(15)16-6/h10,13H,7-9H2,1-6H3. The number of likely N-dealkylation sites (N-methyl/N-ethyl adjacent to an activating group) is 1. The number of nitrogens with zero attached hydrogens (tertiary/aromatic N) is 1. The molecule has 0 rings (SSSR count). The topological polar surface area (TPSA) is 41.6 Å². The Morgan fingerprint density at radius 2 is 2.00 bits per heavy atom. The molecule has 0 aromatic rings. The molecule has 0 spiro atoms. The van der Waals surface area contributed by atoms with Gasteiger partial charge in [-0.05, 0) is 32.5 Å². The lowest BCUT2D eigenvalue weighted by Crippen LogP contribution is -2.39. The summed E-state index contributed by atoms with van der Waals surface area (Å²) in [7, 11) is 5.28. The fourth-order valence-corrected chi connectivity index (χ4v) is 1.76. The van der Waals surface area contributed by atoms with E-state index in [-0.39, 0.29) is 17.4 Å². The third-order valence-electron chi connectivity index (χ3n) is 2.38. The lowest BCUT2D eigenvalue weighted by atomic mass is 9.96. The predicted molar refractivity (Wildman–Crippen MR) is 66.4 cm³/mol. The van der Waals surface area contributed by atoms with Gasteiger partial charge in [0, 0.05) is 6.54 Å². The summed E-state index contributed by atoms with van der Waals surface area (Å²) in [5.41, 5.74) is 0.287. The van der Waals surface area contributed by atoms with Gasteiger partial charge in [-0.1, -0.05) is 20.8 Å². The Kier molecular flexibility index (Phi) is 6.60. The van der Waals surface area contributed by atoms with Gasteiger partial charge in [-0.25, -0.2) is 0 Å². The number of rotatable bonds is 6. The minimum Gasteiger partial charge on any atom is -0.468 e. The van der Waals surface area contributed by atoms with Crippen LogP contribution in [0.5, 0.6) is 0 Å². The fourth-order valence-electron chi connectivity index (χ4n) is 1.76. The van der Waals surface area contributed by atoms with Crippen molar-refractivity contribution < 1.29 is 9.53 Å². The van der Waals surface area contributed by atoms with Crippen molar-refractivity contribution >= 4 is 5.97 Å². The van der Waals surface area contributed by atoms with Crippen LogP contribution < -0.4 is 5.32 Å². The summed E-state index contributed by atoms with van der Waals surface area (Å²) in [6.45, 7) is 8.53. The van der Waals surface area contributed by atoms with Gasteiger partial charge >= 0.3 is 5.97 Å². The zero-order valence-corrected chi connectivity index (χ0v) is 11.5. The van der Waals surface area contributed by atoms with Crippen LogP contribution in [0.3, 0.4) is 0 Å². The number of carbonyl (C=O) groups is 1. The molecule has 0 saturated heterocycles. The van der Waals surface area contributed by atoms with Crippen molar-refractivity contribution in [2.45, 2.75) is 33.2 Å². The Labute approximate surface area is 99.3 Å². The van der Waals surface area contributed by atoms with Crippen LogP contribution >= 0.6 is 0 Å². The second-order valence-electron chi connectivity index (χ2n) is 5.45. The van der Waals surface area contributed by atoms with Crippen molar-refractivity contribution in [3.05, 3.63) is 0 Å². The monoisotopic (exact) mass is 230 g/mol. The van der Waals surface area contributed by atoms with Crippen molar-refractivity contribution in [1.82, 2.24) is 10.2 Å². The summed E-state index contributed by atoms with van der Waals surface area (Å²) in [5.74, 6) is -0.188. The van der Waals surface area contributed by atoms with Crippen molar-refractivity contribution in [3.8, 4) is 0 Å². The molecule has 0 aromatic heterocycles. The first-order chi connectivity index (χ1) is 7.30. The fraction of sp³-hybridized carbons (Fsp3) is 0.917. The van der Waals surface area contributed by atoms with E-state index in [1.54, 1.807) is 7.05 Å². The molecule has 1 N–H and O–H groups in total. The molecule has 4 heteroatoms. The smallest absolute Gasteiger partial charge is 0.322 e. The lowest BCUT2D eigenvalue weighted by Gasteiger charge is -2.27. The van der Waals surface area contributed by atoms with Crippen LogP contribution in [-0.2, 0) is 9.53 Å². The minimum absolute atomic E-state index is 0.188. The number of ether oxygens (including phenoxy) is 1. The molecule has 0 fully saturated rings. The van der Waals surface area contributed by atoms with Crippen LogP contribution in [0.4, 0.5) is 0 Å². The van der Waals surface area contributed by atoms with Crippen LogP contribution in [0.15, 0.2) is 0 Å². The van der Waals surface area contributed by atoms with Crippen LogP contribution in [0.25, 0.3) is 0 Å². The number of hydrogen-bond acceptors (Lipinski definition) is 4. The Morgan fingerprint density at radius 1 is 1.44 bits per heavy atom. The van der Waals surface area contributed by atoms with E-state index >= 15 is 0 Å². The van der Waals surface area contributed by atoms with Gasteiger partial charge in [0.2, 0.25) is 0 Å². The van der Waals surface area contributed by atoms with E-state index < -0.39 is 0 Å². The largest absolute Gasteiger partial charge is 0.468 e. The minimum atomic E-state index is -0.201. The van der Waals surface area contributed by atoms with Gasteiger partial charge in [0.15, 0.2) is 0 Å². The number of esters is 1. The maximum atomic E-state index is 11.3. The van der Waals surface area contributed by atoms with Gasteiger partial charge in [-0.15, -0.1) is 0 Å².